The lowest BCUT2D eigenvalue weighted by Gasteiger charge is -2.19. The van der Waals surface area contributed by atoms with Crippen molar-refractivity contribution in [2.75, 3.05) is 5.75 Å². The number of amides is 1. The highest BCUT2D eigenvalue weighted by Gasteiger charge is 2.17. The van der Waals surface area contributed by atoms with Crippen LogP contribution in [0.15, 0.2) is 57.3 Å². The zero-order valence-corrected chi connectivity index (χ0v) is 17.9. The molecule has 152 valence electrons. The zero-order chi connectivity index (χ0) is 20.9. The number of thioether (sulfide) groups is 1. The maximum atomic E-state index is 12.0. The van der Waals surface area contributed by atoms with Crippen LogP contribution in [-0.4, -0.2) is 32.6 Å². The molecule has 2 heterocycles. The first-order valence-corrected chi connectivity index (χ1v) is 10.4. The highest BCUT2D eigenvalue weighted by Crippen LogP contribution is 2.27. The van der Waals surface area contributed by atoms with E-state index in [2.05, 4.69) is 65.8 Å². The Bertz CT molecular complexity index is 970. The second-order valence-corrected chi connectivity index (χ2v) is 8.42. The monoisotopic (exact) mass is 411 g/mol. The van der Waals surface area contributed by atoms with E-state index >= 15 is 0 Å². The van der Waals surface area contributed by atoms with Crippen molar-refractivity contribution in [2.24, 2.45) is 5.10 Å². The fourth-order valence-corrected chi connectivity index (χ4v) is 3.50. The summed E-state index contributed by atoms with van der Waals surface area (Å²) in [5, 5.41) is 13.2. The molecule has 2 aromatic heterocycles. The SMILES string of the molecule is CCn1c(SCC(=O)N/N=C/c2ccco2)nnc1-c1ccc(C(C)(C)C)cc1. The van der Waals surface area contributed by atoms with Crippen LogP contribution in [0.4, 0.5) is 0 Å². The molecule has 1 N–H and O–H groups in total. The minimum absolute atomic E-state index is 0.102. The number of hydrogen-bond acceptors (Lipinski definition) is 6. The first kappa shape index (κ1) is 20.9. The van der Waals surface area contributed by atoms with Gasteiger partial charge in [-0.15, -0.1) is 10.2 Å². The van der Waals surface area contributed by atoms with Crippen LogP contribution in [0, 0.1) is 0 Å². The summed E-state index contributed by atoms with van der Waals surface area (Å²) >= 11 is 1.33. The second-order valence-electron chi connectivity index (χ2n) is 7.48. The number of carbonyl (C=O) groups is 1. The third-order valence-electron chi connectivity index (χ3n) is 4.30. The van der Waals surface area contributed by atoms with Gasteiger partial charge in [0.05, 0.1) is 18.2 Å². The van der Waals surface area contributed by atoms with Crippen LogP contribution in [0.3, 0.4) is 0 Å². The van der Waals surface area contributed by atoms with Crippen LogP contribution in [0.1, 0.15) is 39.0 Å². The molecule has 0 fully saturated rings. The molecule has 29 heavy (non-hydrogen) atoms. The molecular formula is C21H25N5O2S. The van der Waals surface area contributed by atoms with Gasteiger partial charge in [-0.25, -0.2) is 5.43 Å². The molecular weight excluding hydrogens is 386 g/mol. The molecule has 0 bridgehead atoms. The van der Waals surface area contributed by atoms with Gasteiger partial charge in [-0.1, -0.05) is 56.8 Å². The minimum atomic E-state index is -0.223. The van der Waals surface area contributed by atoms with Crippen molar-refractivity contribution in [2.45, 2.75) is 44.8 Å². The van der Waals surface area contributed by atoms with Crippen LogP contribution in [0.2, 0.25) is 0 Å². The molecule has 7 nitrogen and oxygen atoms in total. The first-order valence-electron chi connectivity index (χ1n) is 9.41. The lowest BCUT2D eigenvalue weighted by molar-refractivity contribution is -0.118. The van der Waals surface area contributed by atoms with Crippen molar-refractivity contribution in [3.8, 4) is 11.4 Å². The van der Waals surface area contributed by atoms with E-state index in [0.29, 0.717) is 17.5 Å². The summed E-state index contributed by atoms with van der Waals surface area (Å²) in [6, 6.07) is 11.9. The molecule has 3 aromatic rings. The van der Waals surface area contributed by atoms with E-state index in [1.54, 1.807) is 18.4 Å². The molecule has 0 saturated heterocycles. The third kappa shape index (κ3) is 5.35. The number of furan rings is 1. The minimum Gasteiger partial charge on any atom is -0.463 e. The molecule has 0 aliphatic heterocycles. The maximum Gasteiger partial charge on any atom is 0.250 e. The maximum absolute atomic E-state index is 12.0. The van der Waals surface area contributed by atoms with E-state index in [-0.39, 0.29) is 17.1 Å². The van der Waals surface area contributed by atoms with Gasteiger partial charge in [-0.2, -0.15) is 5.10 Å². The summed E-state index contributed by atoms with van der Waals surface area (Å²) in [7, 11) is 0. The van der Waals surface area contributed by atoms with Crippen LogP contribution < -0.4 is 5.43 Å². The average Bonchev–Trinajstić information content (AvgIpc) is 3.35. The normalized spacial score (nSPS) is 11.9. The molecule has 0 aliphatic rings. The van der Waals surface area contributed by atoms with Gasteiger partial charge in [0.25, 0.3) is 5.91 Å². The molecule has 8 heteroatoms. The van der Waals surface area contributed by atoms with Crippen molar-refractivity contribution in [1.29, 1.82) is 0 Å². The largest absolute Gasteiger partial charge is 0.463 e. The number of nitrogens with one attached hydrogen (secondary N) is 1. The fraction of sp³-hybridized carbons (Fsp3) is 0.333. The van der Waals surface area contributed by atoms with E-state index in [0.717, 1.165) is 11.4 Å². The number of hydrogen-bond donors (Lipinski definition) is 1. The Labute approximate surface area is 174 Å². The van der Waals surface area contributed by atoms with E-state index < -0.39 is 0 Å². The van der Waals surface area contributed by atoms with Gasteiger partial charge in [0, 0.05) is 12.1 Å². The van der Waals surface area contributed by atoms with Crippen molar-refractivity contribution < 1.29 is 9.21 Å². The summed E-state index contributed by atoms with van der Waals surface area (Å²) in [5.41, 5.74) is 4.86. The topological polar surface area (TPSA) is 85.3 Å². The van der Waals surface area contributed by atoms with Gasteiger partial charge in [0.2, 0.25) is 0 Å². The molecule has 0 spiro atoms. The number of hydrazone groups is 1. The lowest BCUT2D eigenvalue weighted by Crippen LogP contribution is -2.20. The summed E-state index contributed by atoms with van der Waals surface area (Å²) < 4.78 is 7.13. The van der Waals surface area contributed by atoms with Gasteiger partial charge in [0.15, 0.2) is 11.0 Å². The standard InChI is InChI=1S/C21H25N5O2S/c1-5-26-19(15-8-10-16(11-9-15)21(2,3)4)24-25-20(26)29-14-18(27)23-22-13-17-7-6-12-28-17/h6-13H,5,14H2,1-4H3,(H,23,27)/b22-13+. The molecule has 0 saturated carbocycles. The zero-order valence-electron chi connectivity index (χ0n) is 17.0. The molecule has 1 amide bonds. The molecule has 0 unspecified atom stereocenters. The van der Waals surface area contributed by atoms with E-state index in [1.807, 2.05) is 11.5 Å². The van der Waals surface area contributed by atoms with Gasteiger partial charge in [-0.3, -0.25) is 4.79 Å². The molecule has 0 atom stereocenters. The van der Waals surface area contributed by atoms with Crippen molar-refractivity contribution >= 4 is 23.9 Å². The summed E-state index contributed by atoms with van der Waals surface area (Å²) in [6.07, 6.45) is 3.00. The number of carbonyl (C=O) groups excluding carboxylic acids is 1. The molecule has 0 aliphatic carbocycles. The Morgan fingerprint density at radius 3 is 2.62 bits per heavy atom. The second kappa shape index (κ2) is 9.09. The molecule has 0 radical (unpaired) electrons. The smallest absolute Gasteiger partial charge is 0.250 e. The van der Waals surface area contributed by atoms with Crippen molar-refractivity contribution in [1.82, 2.24) is 20.2 Å². The predicted octanol–water partition coefficient (Wildman–Crippen LogP) is 4.10. The number of benzene rings is 1. The van der Waals surface area contributed by atoms with Crippen LogP contribution in [0.25, 0.3) is 11.4 Å². The van der Waals surface area contributed by atoms with Gasteiger partial charge in [-0.05, 0) is 30.0 Å². The highest BCUT2D eigenvalue weighted by molar-refractivity contribution is 7.99. The Kier molecular flexibility index (Phi) is 6.53. The first-order chi connectivity index (χ1) is 13.9. The quantitative estimate of drug-likeness (QED) is 0.359. The number of aromatic nitrogens is 3. The Balaban J connectivity index is 1.64. The Morgan fingerprint density at radius 2 is 2.00 bits per heavy atom. The predicted molar refractivity (Wildman–Crippen MR) is 115 cm³/mol. The lowest BCUT2D eigenvalue weighted by atomic mass is 9.87. The molecule has 1 aromatic carbocycles. The van der Waals surface area contributed by atoms with Crippen LogP contribution >= 0.6 is 11.8 Å². The van der Waals surface area contributed by atoms with Crippen molar-refractivity contribution in [3.63, 3.8) is 0 Å². The summed E-state index contributed by atoms with van der Waals surface area (Å²) in [6.45, 7) is 9.32. The molecule has 3 rings (SSSR count). The Hall–Kier alpha value is -2.87. The summed E-state index contributed by atoms with van der Waals surface area (Å²) in [4.78, 5) is 12.0. The van der Waals surface area contributed by atoms with Gasteiger partial charge >= 0.3 is 0 Å². The average molecular weight is 412 g/mol. The number of rotatable bonds is 7. The number of nitrogens with zero attached hydrogens (tertiary/aromatic N) is 4. The summed E-state index contributed by atoms with van der Waals surface area (Å²) in [5.74, 6) is 1.34. The fourth-order valence-electron chi connectivity index (χ4n) is 2.71. The van der Waals surface area contributed by atoms with E-state index in [4.69, 9.17) is 4.42 Å². The van der Waals surface area contributed by atoms with Crippen LogP contribution in [-0.2, 0) is 16.8 Å². The van der Waals surface area contributed by atoms with Crippen molar-refractivity contribution in [3.05, 3.63) is 54.0 Å². The van der Waals surface area contributed by atoms with Gasteiger partial charge in [0.1, 0.15) is 5.76 Å². The van der Waals surface area contributed by atoms with E-state index in [1.165, 1.54) is 23.5 Å². The van der Waals surface area contributed by atoms with E-state index in [9.17, 15) is 4.79 Å². The Morgan fingerprint density at radius 1 is 1.24 bits per heavy atom. The highest BCUT2D eigenvalue weighted by atomic mass is 32.2. The third-order valence-corrected chi connectivity index (χ3v) is 5.27. The van der Waals surface area contributed by atoms with Crippen LogP contribution in [0.5, 0.6) is 0 Å². The van der Waals surface area contributed by atoms with Gasteiger partial charge < -0.3 is 8.98 Å².